The number of hydrogen-bond acceptors (Lipinski definition) is 3. The Morgan fingerprint density at radius 3 is 2.24 bits per heavy atom. The van der Waals surface area contributed by atoms with Crippen LogP contribution in [0, 0.1) is 0 Å². The van der Waals surface area contributed by atoms with Crippen molar-refractivity contribution in [3.05, 3.63) is 35.9 Å². The first-order chi connectivity index (χ1) is 11.5. The lowest BCUT2D eigenvalue weighted by atomic mass is 10.1. The van der Waals surface area contributed by atoms with Gasteiger partial charge in [0.2, 0.25) is 0 Å². The number of nitrogens with one attached hydrogen (secondary N) is 2. The van der Waals surface area contributed by atoms with Crippen LogP contribution >= 0.6 is 24.0 Å². The molecule has 142 valence electrons. The molecule has 0 spiro atoms. The predicted molar refractivity (Wildman–Crippen MR) is 118 cm³/mol. The van der Waals surface area contributed by atoms with Crippen molar-refractivity contribution in [3.8, 4) is 0 Å². The van der Waals surface area contributed by atoms with E-state index in [2.05, 4.69) is 76.5 Å². The molecule has 5 nitrogen and oxygen atoms in total. The zero-order valence-corrected chi connectivity index (χ0v) is 18.4. The van der Waals surface area contributed by atoms with Crippen molar-refractivity contribution in [1.29, 1.82) is 0 Å². The molecule has 0 unspecified atom stereocenters. The first-order valence-electron chi connectivity index (χ1n) is 8.95. The number of rotatable bonds is 5. The predicted octanol–water partition coefficient (Wildman–Crippen LogP) is 2.39. The largest absolute Gasteiger partial charge is 0.355 e. The third-order valence-electron chi connectivity index (χ3n) is 4.20. The quantitative estimate of drug-likeness (QED) is 0.307. The highest BCUT2D eigenvalue weighted by molar-refractivity contribution is 14.0. The maximum Gasteiger partial charge on any atom is 0.193 e. The average Bonchev–Trinajstić information content (AvgIpc) is 2.56. The van der Waals surface area contributed by atoms with Crippen molar-refractivity contribution in [3.63, 3.8) is 0 Å². The second kappa shape index (κ2) is 11.0. The topological polar surface area (TPSA) is 42.9 Å². The van der Waals surface area contributed by atoms with Gasteiger partial charge in [-0.3, -0.25) is 9.89 Å². The molecule has 25 heavy (non-hydrogen) atoms. The lowest BCUT2D eigenvalue weighted by Gasteiger charge is -2.36. The van der Waals surface area contributed by atoms with Crippen LogP contribution in [0.2, 0.25) is 0 Å². The van der Waals surface area contributed by atoms with Crippen LogP contribution in [0.25, 0.3) is 0 Å². The van der Waals surface area contributed by atoms with Crippen molar-refractivity contribution in [2.24, 2.45) is 4.99 Å². The molecule has 6 heteroatoms. The molecule has 0 amide bonds. The monoisotopic (exact) mass is 459 g/mol. The zero-order chi connectivity index (χ0) is 17.4. The van der Waals surface area contributed by atoms with Crippen LogP contribution in [-0.4, -0.2) is 67.6 Å². The molecule has 1 heterocycles. The van der Waals surface area contributed by atoms with Crippen LogP contribution in [0.15, 0.2) is 35.3 Å². The van der Waals surface area contributed by atoms with Gasteiger partial charge in [0.05, 0.1) is 0 Å². The van der Waals surface area contributed by atoms with E-state index in [1.165, 1.54) is 5.56 Å². The van der Waals surface area contributed by atoms with E-state index in [1.807, 2.05) is 7.05 Å². The van der Waals surface area contributed by atoms with Gasteiger partial charge in [-0.2, -0.15) is 0 Å². The molecule has 1 fully saturated rings. The average molecular weight is 459 g/mol. The molecule has 1 saturated heterocycles. The Hall–Kier alpha value is -0.860. The van der Waals surface area contributed by atoms with Gasteiger partial charge >= 0.3 is 0 Å². The van der Waals surface area contributed by atoms with Crippen LogP contribution in [-0.2, 0) is 6.54 Å². The Morgan fingerprint density at radius 2 is 1.68 bits per heavy atom. The summed E-state index contributed by atoms with van der Waals surface area (Å²) >= 11 is 0. The normalized spacial score (nSPS) is 16.5. The van der Waals surface area contributed by atoms with Gasteiger partial charge in [0, 0.05) is 58.4 Å². The molecule has 2 N–H and O–H groups in total. The SMILES string of the molecule is CN=C(NCCNC(C)(C)C)N1CCN(Cc2ccccc2)CC1.I. The number of piperazine rings is 1. The number of nitrogens with zero attached hydrogens (tertiary/aromatic N) is 3. The van der Waals surface area contributed by atoms with E-state index in [4.69, 9.17) is 0 Å². The minimum absolute atomic E-state index is 0. The zero-order valence-electron chi connectivity index (χ0n) is 16.1. The molecular weight excluding hydrogens is 425 g/mol. The molecule has 0 aliphatic carbocycles. The third-order valence-corrected chi connectivity index (χ3v) is 4.20. The van der Waals surface area contributed by atoms with Crippen LogP contribution in [0.3, 0.4) is 0 Å². The number of guanidine groups is 1. The molecule has 0 radical (unpaired) electrons. The highest BCUT2D eigenvalue weighted by atomic mass is 127. The Labute approximate surface area is 170 Å². The second-order valence-electron chi connectivity index (χ2n) is 7.40. The molecule has 0 aromatic heterocycles. The summed E-state index contributed by atoms with van der Waals surface area (Å²) in [5, 5.41) is 6.97. The second-order valence-corrected chi connectivity index (χ2v) is 7.40. The van der Waals surface area contributed by atoms with E-state index < -0.39 is 0 Å². The van der Waals surface area contributed by atoms with Gasteiger partial charge in [-0.05, 0) is 26.3 Å². The summed E-state index contributed by atoms with van der Waals surface area (Å²) < 4.78 is 0. The van der Waals surface area contributed by atoms with Crippen molar-refractivity contribution in [2.45, 2.75) is 32.9 Å². The van der Waals surface area contributed by atoms with E-state index in [0.29, 0.717) is 0 Å². The van der Waals surface area contributed by atoms with Gasteiger partial charge in [0.25, 0.3) is 0 Å². The van der Waals surface area contributed by atoms with E-state index >= 15 is 0 Å². The van der Waals surface area contributed by atoms with Crippen LogP contribution < -0.4 is 10.6 Å². The summed E-state index contributed by atoms with van der Waals surface area (Å²) in [4.78, 5) is 9.31. The van der Waals surface area contributed by atoms with Gasteiger partial charge in [0.15, 0.2) is 5.96 Å². The van der Waals surface area contributed by atoms with Gasteiger partial charge in [-0.25, -0.2) is 0 Å². The van der Waals surface area contributed by atoms with E-state index in [0.717, 1.165) is 51.8 Å². The summed E-state index contributed by atoms with van der Waals surface area (Å²) in [5.41, 5.74) is 1.55. The third kappa shape index (κ3) is 8.37. The molecule has 0 bridgehead atoms. The van der Waals surface area contributed by atoms with Crippen LogP contribution in [0.1, 0.15) is 26.3 Å². The summed E-state index contributed by atoms with van der Waals surface area (Å²) in [5.74, 6) is 1.02. The van der Waals surface area contributed by atoms with Crippen molar-refractivity contribution in [1.82, 2.24) is 20.4 Å². The van der Waals surface area contributed by atoms with Gasteiger partial charge in [-0.1, -0.05) is 30.3 Å². The maximum atomic E-state index is 4.44. The van der Waals surface area contributed by atoms with Gasteiger partial charge in [-0.15, -0.1) is 24.0 Å². The summed E-state index contributed by atoms with van der Waals surface area (Å²) in [6.45, 7) is 13.7. The molecule has 0 atom stereocenters. The fourth-order valence-electron chi connectivity index (χ4n) is 2.90. The molecule has 1 aliphatic rings. The van der Waals surface area contributed by atoms with Crippen LogP contribution in [0.5, 0.6) is 0 Å². The standard InChI is InChI=1S/C19H33N5.HI/c1-19(2,3)22-11-10-21-18(20-4)24-14-12-23(13-15-24)16-17-8-6-5-7-9-17;/h5-9,22H,10-16H2,1-4H3,(H,20,21);1H. The molecule has 1 aromatic carbocycles. The van der Waals surface area contributed by atoms with Gasteiger partial charge < -0.3 is 15.5 Å². The van der Waals surface area contributed by atoms with Crippen molar-refractivity contribution in [2.75, 3.05) is 46.3 Å². The minimum atomic E-state index is 0. The van der Waals surface area contributed by atoms with E-state index in [1.54, 1.807) is 0 Å². The van der Waals surface area contributed by atoms with Crippen molar-refractivity contribution < 1.29 is 0 Å². The lowest BCUT2D eigenvalue weighted by molar-refractivity contribution is 0.172. The molecular formula is C19H34IN5. The fraction of sp³-hybridized carbons (Fsp3) is 0.632. The highest BCUT2D eigenvalue weighted by Crippen LogP contribution is 2.08. The molecule has 1 aromatic rings. The van der Waals surface area contributed by atoms with Crippen LogP contribution in [0.4, 0.5) is 0 Å². The van der Waals surface area contributed by atoms with Gasteiger partial charge in [0.1, 0.15) is 0 Å². The molecule has 1 aliphatic heterocycles. The number of aliphatic imine (C=N–C) groups is 1. The Kier molecular flexibility index (Phi) is 9.74. The number of halogens is 1. The van der Waals surface area contributed by atoms with E-state index in [-0.39, 0.29) is 29.5 Å². The Bertz CT molecular complexity index is 504. The first kappa shape index (κ1) is 22.2. The number of hydrogen-bond donors (Lipinski definition) is 2. The number of benzene rings is 1. The minimum Gasteiger partial charge on any atom is -0.355 e. The van der Waals surface area contributed by atoms with Crippen molar-refractivity contribution >= 4 is 29.9 Å². The Balaban J connectivity index is 0.00000312. The molecule has 2 rings (SSSR count). The highest BCUT2D eigenvalue weighted by Gasteiger charge is 2.19. The Morgan fingerprint density at radius 1 is 1.04 bits per heavy atom. The van der Waals surface area contributed by atoms with E-state index in [9.17, 15) is 0 Å². The fourth-order valence-corrected chi connectivity index (χ4v) is 2.90. The summed E-state index contributed by atoms with van der Waals surface area (Å²) in [7, 11) is 1.87. The first-order valence-corrected chi connectivity index (χ1v) is 8.95. The lowest BCUT2D eigenvalue weighted by Crippen LogP contribution is -2.53. The molecule has 0 saturated carbocycles. The smallest absolute Gasteiger partial charge is 0.193 e. The summed E-state index contributed by atoms with van der Waals surface area (Å²) in [6, 6.07) is 10.7. The maximum absolute atomic E-state index is 4.44. The summed E-state index contributed by atoms with van der Waals surface area (Å²) in [6.07, 6.45) is 0.